The van der Waals surface area contributed by atoms with Gasteiger partial charge in [-0.05, 0) is 37.8 Å². The van der Waals surface area contributed by atoms with Crippen molar-refractivity contribution in [3.63, 3.8) is 0 Å². The van der Waals surface area contributed by atoms with Gasteiger partial charge in [-0.2, -0.15) is 0 Å². The second kappa shape index (κ2) is 7.01. The topological polar surface area (TPSA) is 68.4 Å². The average Bonchev–Trinajstić information content (AvgIpc) is 3.02. The first-order valence-corrected chi connectivity index (χ1v) is 8.13. The van der Waals surface area contributed by atoms with Crippen LogP contribution in [0.4, 0.5) is 0 Å². The summed E-state index contributed by atoms with van der Waals surface area (Å²) in [4.78, 5) is 27.4. The normalized spacial score (nSPS) is 20.1. The minimum Gasteiger partial charge on any atom is -0.456 e. The fraction of sp³-hybridized carbons (Fsp3) is 0.368. The van der Waals surface area contributed by atoms with Gasteiger partial charge in [0.15, 0.2) is 0 Å². The molecular formula is C19H21NO4. The zero-order chi connectivity index (χ0) is 17.1. The van der Waals surface area contributed by atoms with Gasteiger partial charge in [0.25, 0.3) is 5.56 Å². The molecule has 2 atom stereocenters. The molecule has 1 aromatic heterocycles. The predicted molar refractivity (Wildman–Crippen MR) is 91.1 cm³/mol. The van der Waals surface area contributed by atoms with Crippen LogP contribution in [0, 0.1) is 6.92 Å². The van der Waals surface area contributed by atoms with E-state index in [-0.39, 0.29) is 17.8 Å². The maximum absolute atomic E-state index is 12.5. The Morgan fingerprint density at radius 1 is 1.17 bits per heavy atom. The summed E-state index contributed by atoms with van der Waals surface area (Å²) in [7, 11) is 1.61. The fourth-order valence-electron chi connectivity index (χ4n) is 3.19. The van der Waals surface area contributed by atoms with Crippen molar-refractivity contribution in [1.29, 1.82) is 0 Å². The summed E-state index contributed by atoms with van der Waals surface area (Å²) in [6.45, 7) is 1.82. The molecule has 0 radical (unpaired) electrons. The van der Waals surface area contributed by atoms with E-state index in [1.807, 2.05) is 37.3 Å². The molecule has 24 heavy (non-hydrogen) atoms. The van der Waals surface area contributed by atoms with Gasteiger partial charge in [0.2, 0.25) is 0 Å². The summed E-state index contributed by atoms with van der Waals surface area (Å²) in [6, 6.07) is 11.2. The first-order valence-electron chi connectivity index (χ1n) is 8.13. The first-order chi connectivity index (χ1) is 11.6. The Bertz CT molecular complexity index is 782. The van der Waals surface area contributed by atoms with E-state index < -0.39 is 11.5 Å². The first kappa shape index (κ1) is 16.5. The largest absolute Gasteiger partial charge is 0.456 e. The minimum atomic E-state index is -0.595. The number of carbonyl (C=O) groups is 1. The molecule has 1 aliphatic rings. The Kier molecular flexibility index (Phi) is 4.81. The lowest BCUT2D eigenvalue weighted by molar-refractivity contribution is -0.0208. The number of methoxy groups -OCH3 is 1. The summed E-state index contributed by atoms with van der Waals surface area (Å²) >= 11 is 0. The number of H-pyrrole nitrogens is 1. The average molecular weight is 327 g/mol. The number of hydrogen-bond donors (Lipinski definition) is 1. The number of aromatic amines is 1. The van der Waals surface area contributed by atoms with Crippen molar-refractivity contribution in [2.24, 2.45) is 0 Å². The molecule has 0 saturated heterocycles. The van der Waals surface area contributed by atoms with E-state index in [1.54, 1.807) is 13.2 Å². The Balaban J connectivity index is 1.90. The molecule has 1 fully saturated rings. The Morgan fingerprint density at radius 3 is 2.58 bits per heavy atom. The molecule has 5 nitrogen and oxygen atoms in total. The SMILES string of the molecule is CO[C@@H]1CCC[C@@H]1OC(=O)c1cc(-c2ccccc2)c(C)[nH]c1=O. The molecule has 0 spiro atoms. The van der Waals surface area contributed by atoms with Gasteiger partial charge in [0.1, 0.15) is 11.7 Å². The van der Waals surface area contributed by atoms with Crippen LogP contribution in [-0.2, 0) is 9.47 Å². The van der Waals surface area contributed by atoms with E-state index in [1.165, 1.54) is 0 Å². The van der Waals surface area contributed by atoms with Crippen LogP contribution in [0.25, 0.3) is 11.1 Å². The molecule has 1 N–H and O–H groups in total. The Labute approximate surface area is 140 Å². The van der Waals surface area contributed by atoms with Gasteiger partial charge in [-0.3, -0.25) is 4.79 Å². The number of carbonyl (C=O) groups excluding carboxylic acids is 1. The standard InChI is InChI=1S/C19H21NO4/c1-12-14(13-7-4-3-5-8-13)11-15(18(21)20-12)19(22)24-17-10-6-9-16(17)23-2/h3-5,7-8,11,16-17H,6,9-10H2,1-2H3,(H,20,21)/t16-,17+/m1/s1. The molecular weight excluding hydrogens is 306 g/mol. The van der Waals surface area contributed by atoms with Gasteiger partial charge in [-0.1, -0.05) is 30.3 Å². The second-order valence-corrected chi connectivity index (χ2v) is 6.07. The molecule has 1 heterocycles. The van der Waals surface area contributed by atoms with Gasteiger partial charge in [0, 0.05) is 18.4 Å². The number of esters is 1. The number of hydrogen-bond acceptors (Lipinski definition) is 4. The summed E-state index contributed by atoms with van der Waals surface area (Å²) in [5, 5.41) is 0. The third kappa shape index (κ3) is 3.26. The number of nitrogens with one attached hydrogen (secondary N) is 1. The fourth-order valence-corrected chi connectivity index (χ4v) is 3.19. The van der Waals surface area contributed by atoms with Gasteiger partial charge in [-0.25, -0.2) is 4.79 Å². The molecule has 5 heteroatoms. The summed E-state index contributed by atoms with van der Waals surface area (Å²) in [5.41, 5.74) is 2.08. The lowest BCUT2D eigenvalue weighted by Crippen LogP contribution is -2.30. The quantitative estimate of drug-likeness (QED) is 0.876. The maximum Gasteiger partial charge on any atom is 0.344 e. The summed E-state index contributed by atoms with van der Waals surface area (Å²) in [5.74, 6) is -0.595. The van der Waals surface area contributed by atoms with Crippen molar-refractivity contribution in [2.45, 2.75) is 38.4 Å². The zero-order valence-corrected chi connectivity index (χ0v) is 13.9. The van der Waals surface area contributed by atoms with Crippen LogP contribution in [0.1, 0.15) is 35.3 Å². The molecule has 3 rings (SSSR count). The summed E-state index contributed by atoms with van der Waals surface area (Å²) in [6.07, 6.45) is 2.21. The zero-order valence-electron chi connectivity index (χ0n) is 13.9. The van der Waals surface area contributed by atoms with Crippen molar-refractivity contribution in [3.8, 4) is 11.1 Å². The molecule has 0 bridgehead atoms. The van der Waals surface area contributed by atoms with Crippen molar-refractivity contribution in [2.75, 3.05) is 7.11 Å². The lowest BCUT2D eigenvalue weighted by Gasteiger charge is -2.18. The summed E-state index contributed by atoms with van der Waals surface area (Å²) < 4.78 is 10.9. The lowest BCUT2D eigenvalue weighted by atomic mass is 10.0. The number of pyridine rings is 1. The number of aryl methyl sites for hydroxylation is 1. The molecule has 126 valence electrons. The molecule has 1 saturated carbocycles. The van der Waals surface area contributed by atoms with Crippen molar-refractivity contribution in [1.82, 2.24) is 4.98 Å². The Morgan fingerprint density at radius 2 is 1.88 bits per heavy atom. The second-order valence-electron chi connectivity index (χ2n) is 6.07. The van der Waals surface area contributed by atoms with E-state index in [4.69, 9.17) is 9.47 Å². The van der Waals surface area contributed by atoms with Crippen LogP contribution < -0.4 is 5.56 Å². The van der Waals surface area contributed by atoms with Crippen LogP contribution >= 0.6 is 0 Å². The van der Waals surface area contributed by atoms with Crippen LogP contribution in [0.2, 0.25) is 0 Å². The molecule has 0 amide bonds. The van der Waals surface area contributed by atoms with E-state index >= 15 is 0 Å². The van der Waals surface area contributed by atoms with Crippen molar-refractivity contribution in [3.05, 3.63) is 58.0 Å². The van der Waals surface area contributed by atoms with Crippen LogP contribution in [0.3, 0.4) is 0 Å². The van der Waals surface area contributed by atoms with E-state index in [0.29, 0.717) is 0 Å². The number of benzene rings is 1. The van der Waals surface area contributed by atoms with Gasteiger partial charge in [-0.15, -0.1) is 0 Å². The van der Waals surface area contributed by atoms with Crippen LogP contribution in [0.15, 0.2) is 41.2 Å². The van der Waals surface area contributed by atoms with Gasteiger partial charge >= 0.3 is 5.97 Å². The molecule has 2 aromatic rings. The van der Waals surface area contributed by atoms with Gasteiger partial charge < -0.3 is 14.5 Å². The minimum absolute atomic E-state index is 0.0289. The molecule has 0 unspecified atom stereocenters. The van der Waals surface area contributed by atoms with Gasteiger partial charge in [0.05, 0.1) is 6.10 Å². The monoisotopic (exact) mass is 327 g/mol. The van der Waals surface area contributed by atoms with E-state index in [2.05, 4.69) is 4.98 Å². The number of rotatable bonds is 4. The van der Waals surface area contributed by atoms with E-state index in [9.17, 15) is 9.59 Å². The highest BCUT2D eigenvalue weighted by Crippen LogP contribution is 2.26. The third-order valence-corrected chi connectivity index (χ3v) is 4.50. The highest BCUT2D eigenvalue weighted by molar-refractivity contribution is 5.91. The van der Waals surface area contributed by atoms with E-state index in [0.717, 1.165) is 36.1 Å². The highest BCUT2D eigenvalue weighted by Gasteiger charge is 2.31. The number of ether oxygens (including phenoxy) is 2. The maximum atomic E-state index is 12.5. The number of aromatic nitrogens is 1. The van der Waals surface area contributed by atoms with Crippen molar-refractivity contribution < 1.29 is 14.3 Å². The van der Waals surface area contributed by atoms with Crippen LogP contribution in [-0.4, -0.2) is 30.3 Å². The van der Waals surface area contributed by atoms with Crippen molar-refractivity contribution >= 4 is 5.97 Å². The Hall–Kier alpha value is -2.40. The predicted octanol–water partition coefficient (Wildman–Crippen LogP) is 3.07. The molecule has 0 aliphatic heterocycles. The molecule has 1 aromatic carbocycles. The third-order valence-electron chi connectivity index (χ3n) is 4.50. The highest BCUT2D eigenvalue weighted by atomic mass is 16.6. The smallest absolute Gasteiger partial charge is 0.344 e. The molecule has 1 aliphatic carbocycles. The van der Waals surface area contributed by atoms with Crippen LogP contribution in [0.5, 0.6) is 0 Å².